The van der Waals surface area contributed by atoms with Crippen molar-refractivity contribution in [3.8, 4) is 0 Å². The number of hydrogen-bond donors (Lipinski definition) is 3. The number of nitrogen functional groups attached to an aromatic ring is 1. The molecular formula is C22H18N4O3S. The van der Waals surface area contributed by atoms with Crippen LogP contribution in [0.1, 0.15) is 0 Å². The summed E-state index contributed by atoms with van der Waals surface area (Å²) in [6, 6.07) is 24.6. The zero-order valence-electron chi connectivity index (χ0n) is 15.7. The van der Waals surface area contributed by atoms with Gasteiger partial charge < -0.3 is 11.1 Å². The Morgan fingerprint density at radius 3 is 2.10 bits per heavy atom. The second-order valence-corrected chi connectivity index (χ2v) is 7.96. The molecule has 7 nitrogen and oxygen atoms in total. The fraction of sp³-hybridized carbons (Fsp3) is 0. The van der Waals surface area contributed by atoms with Crippen molar-refractivity contribution in [2.45, 2.75) is 4.90 Å². The van der Waals surface area contributed by atoms with Crippen LogP contribution < -0.4 is 11.1 Å². The van der Waals surface area contributed by atoms with Crippen molar-refractivity contribution in [1.29, 1.82) is 0 Å². The minimum absolute atomic E-state index is 0.0250. The molecule has 30 heavy (non-hydrogen) atoms. The van der Waals surface area contributed by atoms with E-state index in [0.29, 0.717) is 17.1 Å². The molecule has 0 unspecified atom stereocenters. The summed E-state index contributed by atoms with van der Waals surface area (Å²) in [4.78, 5) is -0.341. The number of rotatable bonds is 5. The molecule has 0 heterocycles. The van der Waals surface area contributed by atoms with Crippen LogP contribution in [0.25, 0.3) is 10.8 Å². The maximum atomic E-state index is 11.9. The summed E-state index contributed by atoms with van der Waals surface area (Å²) in [5.74, 6) is 0. The summed E-state index contributed by atoms with van der Waals surface area (Å²) < 4.78 is 33.6. The third kappa shape index (κ3) is 4.14. The van der Waals surface area contributed by atoms with Gasteiger partial charge in [-0.05, 0) is 42.5 Å². The highest BCUT2D eigenvalue weighted by Gasteiger charge is 2.17. The first-order valence-corrected chi connectivity index (χ1v) is 10.5. The summed E-state index contributed by atoms with van der Waals surface area (Å²) in [6.45, 7) is 0. The largest absolute Gasteiger partial charge is 0.398 e. The number of benzene rings is 4. The van der Waals surface area contributed by atoms with Gasteiger partial charge in [0, 0.05) is 27.8 Å². The summed E-state index contributed by atoms with van der Waals surface area (Å²) >= 11 is 0. The van der Waals surface area contributed by atoms with Crippen LogP contribution in [0.4, 0.5) is 28.4 Å². The Hall–Kier alpha value is -3.75. The number of anilines is 3. The van der Waals surface area contributed by atoms with Crippen molar-refractivity contribution >= 4 is 49.3 Å². The van der Waals surface area contributed by atoms with Gasteiger partial charge in [-0.25, -0.2) is 0 Å². The molecule has 0 atom stereocenters. The first kappa shape index (κ1) is 19.6. The Labute approximate surface area is 173 Å². The first-order chi connectivity index (χ1) is 14.4. The Morgan fingerprint density at radius 1 is 0.733 bits per heavy atom. The summed E-state index contributed by atoms with van der Waals surface area (Å²) in [5, 5.41) is 13.0. The first-order valence-electron chi connectivity index (χ1n) is 9.04. The van der Waals surface area contributed by atoms with Gasteiger partial charge in [0.05, 0.1) is 5.69 Å². The highest BCUT2D eigenvalue weighted by Crippen LogP contribution is 2.34. The molecule has 4 rings (SSSR count). The van der Waals surface area contributed by atoms with Gasteiger partial charge in [-0.2, -0.15) is 8.42 Å². The van der Waals surface area contributed by atoms with Crippen molar-refractivity contribution in [2.75, 3.05) is 11.1 Å². The molecule has 0 aliphatic carbocycles. The second kappa shape index (κ2) is 7.94. The minimum atomic E-state index is -4.52. The number of nitrogens with one attached hydrogen (secondary N) is 1. The van der Waals surface area contributed by atoms with Crippen LogP contribution in [0.5, 0.6) is 0 Å². The molecule has 0 aliphatic rings. The van der Waals surface area contributed by atoms with E-state index in [2.05, 4.69) is 15.5 Å². The van der Waals surface area contributed by atoms with Crippen LogP contribution in [0.3, 0.4) is 0 Å². The number of fused-ring (bicyclic) bond motifs is 1. The zero-order chi connectivity index (χ0) is 21.1. The van der Waals surface area contributed by atoms with E-state index in [1.807, 2.05) is 54.6 Å². The van der Waals surface area contributed by atoms with Gasteiger partial charge >= 0.3 is 0 Å². The van der Waals surface area contributed by atoms with Crippen molar-refractivity contribution in [1.82, 2.24) is 0 Å². The quantitative estimate of drug-likeness (QED) is 0.214. The normalized spacial score (nSPS) is 11.8. The SMILES string of the molecule is Nc1ccc(N=Nc2ccc(Nc3ccccc3)cc2S(=O)(=O)O)c2ccccc12. The summed E-state index contributed by atoms with van der Waals surface area (Å²) in [5.41, 5.74) is 8.44. The lowest BCUT2D eigenvalue weighted by atomic mass is 10.1. The van der Waals surface area contributed by atoms with Crippen molar-refractivity contribution < 1.29 is 13.0 Å². The average Bonchev–Trinajstić information content (AvgIpc) is 2.74. The van der Waals surface area contributed by atoms with Gasteiger partial charge in [-0.15, -0.1) is 10.2 Å². The van der Waals surface area contributed by atoms with Crippen LogP contribution in [0.2, 0.25) is 0 Å². The van der Waals surface area contributed by atoms with Crippen molar-refractivity contribution in [3.63, 3.8) is 0 Å². The third-order valence-corrected chi connectivity index (χ3v) is 5.38. The highest BCUT2D eigenvalue weighted by atomic mass is 32.2. The predicted molar refractivity (Wildman–Crippen MR) is 119 cm³/mol. The number of para-hydroxylation sites is 1. The molecule has 0 amide bonds. The van der Waals surface area contributed by atoms with Gasteiger partial charge in [-0.1, -0.05) is 42.5 Å². The molecule has 8 heteroatoms. The molecule has 0 saturated carbocycles. The van der Waals surface area contributed by atoms with Crippen LogP contribution in [0.15, 0.2) is 100 Å². The van der Waals surface area contributed by atoms with Crippen LogP contribution >= 0.6 is 0 Å². The van der Waals surface area contributed by atoms with E-state index in [9.17, 15) is 13.0 Å². The van der Waals surface area contributed by atoms with Gasteiger partial charge in [0.1, 0.15) is 10.6 Å². The number of nitrogens with zero attached hydrogens (tertiary/aromatic N) is 2. The zero-order valence-corrected chi connectivity index (χ0v) is 16.5. The molecular weight excluding hydrogens is 400 g/mol. The highest BCUT2D eigenvalue weighted by molar-refractivity contribution is 7.86. The lowest BCUT2D eigenvalue weighted by Crippen LogP contribution is -2.00. The van der Waals surface area contributed by atoms with E-state index >= 15 is 0 Å². The second-order valence-electron chi connectivity index (χ2n) is 6.57. The predicted octanol–water partition coefficient (Wildman–Crippen LogP) is 5.83. The van der Waals surface area contributed by atoms with E-state index in [-0.39, 0.29) is 10.6 Å². The molecule has 0 spiro atoms. The monoisotopic (exact) mass is 418 g/mol. The molecule has 0 aromatic heterocycles. The molecule has 150 valence electrons. The van der Waals surface area contributed by atoms with Crippen LogP contribution in [-0.2, 0) is 10.1 Å². The summed E-state index contributed by atoms with van der Waals surface area (Å²) in [6.07, 6.45) is 0. The van der Waals surface area contributed by atoms with Gasteiger partial charge in [-0.3, -0.25) is 4.55 Å². The molecule has 0 bridgehead atoms. The van der Waals surface area contributed by atoms with E-state index in [1.54, 1.807) is 18.2 Å². The molecule has 0 aliphatic heterocycles. The molecule has 0 saturated heterocycles. The van der Waals surface area contributed by atoms with Crippen molar-refractivity contribution in [3.05, 3.63) is 84.9 Å². The minimum Gasteiger partial charge on any atom is -0.398 e. The fourth-order valence-corrected chi connectivity index (χ4v) is 3.72. The van der Waals surface area contributed by atoms with Crippen LogP contribution in [-0.4, -0.2) is 13.0 Å². The van der Waals surface area contributed by atoms with Crippen molar-refractivity contribution in [2.24, 2.45) is 10.2 Å². The smallest absolute Gasteiger partial charge is 0.296 e. The summed E-state index contributed by atoms with van der Waals surface area (Å²) in [7, 11) is -4.52. The number of hydrogen-bond acceptors (Lipinski definition) is 6. The van der Waals surface area contributed by atoms with Crippen LogP contribution in [0, 0.1) is 0 Å². The van der Waals surface area contributed by atoms with Gasteiger partial charge in [0.2, 0.25) is 0 Å². The van der Waals surface area contributed by atoms with E-state index in [1.165, 1.54) is 12.1 Å². The Bertz CT molecular complexity index is 1350. The van der Waals surface area contributed by atoms with Gasteiger partial charge in [0.25, 0.3) is 10.1 Å². The van der Waals surface area contributed by atoms with E-state index < -0.39 is 10.1 Å². The molecule has 4 aromatic carbocycles. The third-order valence-electron chi connectivity index (χ3n) is 4.50. The standard InChI is InChI=1S/C22H18N4O3S/c23-19-11-13-20(18-9-5-4-8-17(18)19)25-26-21-12-10-16(14-22(21)30(27,28)29)24-15-6-2-1-3-7-15/h1-14,24H,23H2,(H,27,28,29). The molecule has 4 N–H and O–H groups in total. The lowest BCUT2D eigenvalue weighted by Gasteiger charge is -2.09. The fourth-order valence-electron chi connectivity index (χ4n) is 3.07. The average molecular weight is 418 g/mol. The lowest BCUT2D eigenvalue weighted by molar-refractivity contribution is 0.483. The molecule has 0 radical (unpaired) electrons. The maximum absolute atomic E-state index is 11.9. The Morgan fingerprint density at radius 2 is 1.37 bits per heavy atom. The topological polar surface area (TPSA) is 117 Å². The number of azo groups is 1. The number of nitrogens with two attached hydrogens (primary N) is 1. The van der Waals surface area contributed by atoms with Gasteiger partial charge in [0.15, 0.2) is 0 Å². The van der Waals surface area contributed by atoms with E-state index in [4.69, 9.17) is 5.73 Å². The molecule has 0 fully saturated rings. The molecule has 4 aromatic rings. The Kier molecular flexibility index (Phi) is 5.18. The Balaban J connectivity index is 1.73. The van der Waals surface area contributed by atoms with E-state index in [0.717, 1.165) is 16.5 Å². The maximum Gasteiger partial charge on any atom is 0.296 e.